The molecule has 2 atom stereocenters. The number of pyridine rings is 1. The highest BCUT2D eigenvalue weighted by Gasteiger charge is 2.40. The predicted molar refractivity (Wildman–Crippen MR) is 79.0 cm³/mol. The number of aromatic nitrogens is 1. The maximum Gasteiger partial charge on any atom is 0.245 e. The number of β-amino-alcohol motifs (C(OH)–C–C–N with tert-alkyl or cyclic N) is 1. The first-order chi connectivity index (χ1) is 9.86. The van der Waals surface area contributed by atoms with E-state index in [4.69, 9.17) is 5.73 Å². The van der Waals surface area contributed by atoms with Gasteiger partial charge in [-0.3, -0.25) is 4.98 Å². The molecule has 1 aliphatic rings. The summed E-state index contributed by atoms with van der Waals surface area (Å²) in [6.45, 7) is 0.735. The predicted octanol–water partition coefficient (Wildman–Crippen LogP) is -0.774. The van der Waals surface area contributed by atoms with Crippen LogP contribution < -0.4 is 5.73 Å². The van der Waals surface area contributed by atoms with Gasteiger partial charge in [0.2, 0.25) is 10.0 Å². The Kier molecular flexibility index (Phi) is 4.95. The molecule has 0 spiro atoms. The molecule has 0 amide bonds. The molecule has 0 radical (unpaired) electrons. The van der Waals surface area contributed by atoms with E-state index in [-0.39, 0.29) is 24.0 Å². The summed E-state index contributed by atoms with van der Waals surface area (Å²) >= 11 is 0. The zero-order valence-electron chi connectivity index (χ0n) is 12.3. The van der Waals surface area contributed by atoms with Crippen molar-refractivity contribution >= 4 is 10.0 Å². The van der Waals surface area contributed by atoms with Gasteiger partial charge in [0.05, 0.1) is 11.8 Å². The van der Waals surface area contributed by atoms with Gasteiger partial charge in [0.25, 0.3) is 0 Å². The zero-order chi connectivity index (χ0) is 15.6. The number of hydrogen-bond donors (Lipinski definition) is 2. The highest BCUT2D eigenvalue weighted by atomic mass is 32.2. The van der Waals surface area contributed by atoms with Crippen molar-refractivity contribution in [1.82, 2.24) is 14.2 Å². The Labute approximate surface area is 125 Å². The number of hydrogen-bond acceptors (Lipinski definition) is 6. The van der Waals surface area contributed by atoms with Crippen LogP contribution in [0, 0.1) is 0 Å². The molecule has 1 aromatic rings. The molecular weight excluding hydrogens is 292 g/mol. The maximum absolute atomic E-state index is 12.9. The molecule has 2 unspecified atom stereocenters. The van der Waals surface area contributed by atoms with Gasteiger partial charge in [-0.1, -0.05) is 0 Å². The van der Waals surface area contributed by atoms with Crippen molar-refractivity contribution < 1.29 is 13.5 Å². The number of aliphatic hydroxyl groups is 1. The summed E-state index contributed by atoms with van der Waals surface area (Å²) in [6.07, 6.45) is 1.33. The van der Waals surface area contributed by atoms with E-state index in [1.54, 1.807) is 6.07 Å². The van der Waals surface area contributed by atoms with Crippen LogP contribution in [0.2, 0.25) is 0 Å². The fourth-order valence-electron chi connectivity index (χ4n) is 2.68. The molecule has 118 valence electrons. The minimum Gasteiger partial charge on any atom is -0.392 e. The van der Waals surface area contributed by atoms with Crippen LogP contribution in [0.4, 0.5) is 0 Å². The van der Waals surface area contributed by atoms with E-state index in [1.807, 2.05) is 19.0 Å². The van der Waals surface area contributed by atoms with Crippen LogP contribution in [0.25, 0.3) is 0 Å². The van der Waals surface area contributed by atoms with E-state index in [9.17, 15) is 13.5 Å². The Morgan fingerprint density at radius 2 is 2.24 bits per heavy atom. The summed E-state index contributed by atoms with van der Waals surface area (Å²) in [4.78, 5) is 6.08. The van der Waals surface area contributed by atoms with Gasteiger partial charge in [-0.25, -0.2) is 8.42 Å². The third-order valence-electron chi connectivity index (χ3n) is 3.55. The molecule has 0 bridgehead atoms. The minimum absolute atomic E-state index is 0.0597. The van der Waals surface area contributed by atoms with Crippen molar-refractivity contribution in [2.75, 3.05) is 27.2 Å². The highest BCUT2D eigenvalue weighted by molar-refractivity contribution is 7.89. The van der Waals surface area contributed by atoms with Crippen LogP contribution >= 0.6 is 0 Å². The van der Waals surface area contributed by atoms with E-state index in [1.165, 1.54) is 16.6 Å². The van der Waals surface area contributed by atoms with Crippen molar-refractivity contribution in [1.29, 1.82) is 0 Å². The van der Waals surface area contributed by atoms with Crippen molar-refractivity contribution in [2.45, 2.75) is 30.0 Å². The normalized spacial score (nSPS) is 23.9. The van der Waals surface area contributed by atoms with E-state index < -0.39 is 16.1 Å². The SMILES string of the molecule is CN(C)CC1CC(O)CN1S(=O)(=O)c1cccnc1CN. The first-order valence-electron chi connectivity index (χ1n) is 6.85. The topological polar surface area (TPSA) is 99.8 Å². The van der Waals surface area contributed by atoms with Gasteiger partial charge in [-0.2, -0.15) is 4.31 Å². The number of sulfonamides is 1. The molecule has 1 aliphatic heterocycles. The first-order valence-corrected chi connectivity index (χ1v) is 8.29. The molecule has 0 aliphatic carbocycles. The lowest BCUT2D eigenvalue weighted by Crippen LogP contribution is -2.41. The quantitative estimate of drug-likeness (QED) is 0.740. The molecule has 1 fully saturated rings. The van der Waals surface area contributed by atoms with Crippen LogP contribution in [0.1, 0.15) is 12.1 Å². The van der Waals surface area contributed by atoms with Crippen LogP contribution in [0.5, 0.6) is 0 Å². The van der Waals surface area contributed by atoms with Crippen molar-refractivity contribution in [3.8, 4) is 0 Å². The second-order valence-corrected chi connectivity index (χ2v) is 7.39. The van der Waals surface area contributed by atoms with E-state index in [0.717, 1.165) is 0 Å². The number of nitrogens with zero attached hydrogens (tertiary/aromatic N) is 3. The molecule has 2 rings (SSSR count). The number of nitrogens with two attached hydrogens (primary N) is 1. The van der Waals surface area contributed by atoms with Crippen molar-refractivity contribution in [2.24, 2.45) is 5.73 Å². The fraction of sp³-hybridized carbons (Fsp3) is 0.615. The first kappa shape index (κ1) is 16.3. The number of aliphatic hydroxyl groups excluding tert-OH is 1. The zero-order valence-corrected chi connectivity index (χ0v) is 13.1. The Balaban J connectivity index is 2.37. The lowest BCUT2D eigenvalue weighted by molar-refractivity contribution is 0.188. The molecular formula is C13H22N4O3S. The lowest BCUT2D eigenvalue weighted by Gasteiger charge is -2.26. The summed E-state index contributed by atoms with van der Waals surface area (Å²) in [7, 11) is 0.0547. The van der Waals surface area contributed by atoms with Gasteiger partial charge >= 0.3 is 0 Å². The Morgan fingerprint density at radius 1 is 1.52 bits per heavy atom. The van der Waals surface area contributed by atoms with Gasteiger partial charge in [-0.05, 0) is 32.6 Å². The number of rotatable bonds is 5. The van der Waals surface area contributed by atoms with Gasteiger partial charge in [-0.15, -0.1) is 0 Å². The molecule has 0 aromatic carbocycles. The van der Waals surface area contributed by atoms with Gasteiger partial charge in [0, 0.05) is 31.9 Å². The smallest absolute Gasteiger partial charge is 0.245 e. The Morgan fingerprint density at radius 3 is 2.86 bits per heavy atom. The summed E-state index contributed by atoms with van der Waals surface area (Å²) in [5.41, 5.74) is 5.94. The largest absolute Gasteiger partial charge is 0.392 e. The summed E-state index contributed by atoms with van der Waals surface area (Å²) in [5.74, 6) is 0. The van der Waals surface area contributed by atoms with Crippen LogP contribution in [-0.4, -0.2) is 67.0 Å². The van der Waals surface area contributed by atoms with Gasteiger partial charge in [0.15, 0.2) is 0 Å². The van der Waals surface area contributed by atoms with Crippen LogP contribution in [0.15, 0.2) is 23.2 Å². The summed E-state index contributed by atoms with van der Waals surface area (Å²) < 4.78 is 27.1. The summed E-state index contributed by atoms with van der Waals surface area (Å²) in [6, 6.07) is 2.85. The average molecular weight is 314 g/mol. The monoisotopic (exact) mass is 314 g/mol. The van der Waals surface area contributed by atoms with E-state index in [0.29, 0.717) is 18.7 Å². The summed E-state index contributed by atoms with van der Waals surface area (Å²) in [5, 5.41) is 9.85. The van der Waals surface area contributed by atoms with Gasteiger partial charge < -0.3 is 15.7 Å². The Bertz CT molecular complexity index is 591. The molecule has 3 N–H and O–H groups in total. The molecule has 2 heterocycles. The molecule has 7 nitrogen and oxygen atoms in total. The Hall–Kier alpha value is -1.06. The number of likely N-dealkylation sites (N-methyl/N-ethyl adjacent to an activating group) is 1. The van der Waals surface area contributed by atoms with Crippen LogP contribution in [-0.2, 0) is 16.6 Å². The van der Waals surface area contributed by atoms with Gasteiger partial charge in [0.1, 0.15) is 4.90 Å². The highest BCUT2D eigenvalue weighted by Crippen LogP contribution is 2.27. The third-order valence-corrected chi connectivity index (χ3v) is 5.54. The van der Waals surface area contributed by atoms with Crippen molar-refractivity contribution in [3.63, 3.8) is 0 Å². The molecule has 1 aromatic heterocycles. The second-order valence-electron chi connectivity index (χ2n) is 5.53. The standard InChI is InChI=1S/C13H22N4O3S/c1-16(2)8-10-6-11(18)9-17(10)21(19,20)13-4-3-5-15-12(13)7-14/h3-5,10-11,18H,6-9,14H2,1-2H3. The molecule has 8 heteroatoms. The maximum atomic E-state index is 12.9. The minimum atomic E-state index is -3.70. The van der Waals surface area contributed by atoms with E-state index >= 15 is 0 Å². The second kappa shape index (κ2) is 6.37. The van der Waals surface area contributed by atoms with E-state index in [2.05, 4.69) is 4.98 Å². The average Bonchev–Trinajstić information content (AvgIpc) is 2.79. The molecule has 21 heavy (non-hydrogen) atoms. The van der Waals surface area contributed by atoms with Crippen molar-refractivity contribution in [3.05, 3.63) is 24.0 Å². The third kappa shape index (κ3) is 3.41. The molecule has 1 saturated heterocycles. The molecule has 0 saturated carbocycles. The lowest BCUT2D eigenvalue weighted by atomic mass is 10.2. The fourth-order valence-corrected chi connectivity index (χ4v) is 4.53. The van der Waals surface area contributed by atoms with Crippen LogP contribution in [0.3, 0.4) is 0 Å².